The Hall–Kier alpha value is -0.200. The molecule has 1 rings (SSSR count). The van der Waals surface area contributed by atoms with Gasteiger partial charge < -0.3 is 25.5 Å². The molecule has 1 aliphatic heterocycles. The largest absolute Gasteiger partial charge is 0.394 e. The molecule has 0 aromatic carbocycles. The number of likely N-dealkylation sites (tertiary alicyclic amines) is 1. The van der Waals surface area contributed by atoms with Gasteiger partial charge in [-0.25, -0.2) is 0 Å². The summed E-state index contributed by atoms with van der Waals surface area (Å²) in [6.45, 7) is 3.10. The first-order valence-electron chi connectivity index (χ1n) is 5.56. The summed E-state index contributed by atoms with van der Waals surface area (Å²) in [4.78, 5) is 2.34. The van der Waals surface area contributed by atoms with E-state index in [9.17, 15) is 0 Å². The molecule has 0 saturated carbocycles. The number of rotatable bonds is 7. The molecule has 0 spiro atoms. The zero-order valence-electron chi connectivity index (χ0n) is 9.15. The van der Waals surface area contributed by atoms with Crippen LogP contribution < -0.4 is 5.32 Å². The molecule has 1 heterocycles. The zero-order chi connectivity index (χ0) is 11.1. The van der Waals surface area contributed by atoms with Crippen LogP contribution in [-0.2, 0) is 0 Å². The van der Waals surface area contributed by atoms with E-state index in [2.05, 4.69) is 10.2 Å². The average molecular weight is 218 g/mol. The monoisotopic (exact) mass is 218 g/mol. The molecule has 0 atom stereocenters. The second-order valence-electron chi connectivity index (χ2n) is 4.23. The highest BCUT2D eigenvalue weighted by atomic mass is 16.3. The summed E-state index contributed by atoms with van der Waals surface area (Å²) in [7, 11) is 0. The van der Waals surface area contributed by atoms with Crippen LogP contribution >= 0.6 is 0 Å². The Bertz CT molecular complexity index is 160. The molecule has 5 heteroatoms. The van der Waals surface area contributed by atoms with Crippen molar-refractivity contribution < 1.29 is 15.3 Å². The fourth-order valence-corrected chi connectivity index (χ4v) is 1.80. The summed E-state index contributed by atoms with van der Waals surface area (Å²) in [5.41, 5.74) is -0.931. The van der Waals surface area contributed by atoms with Crippen molar-refractivity contribution in [1.29, 1.82) is 0 Å². The normalized spacial score (nSPS) is 18.6. The summed E-state index contributed by atoms with van der Waals surface area (Å²) < 4.78 is 0. The minimum atomic E-state index is -0.931. The van der Waals surface area contributed by atoms with Gasteiger partial charge in [-0.15, -0.1) is 0 Å². The van der Waals surface area contributed by atoms with Crippen molar-refractivity contribution in [2.45, 2.75) is 18.4 Å². The highest BCUT2D eigenvalue weighted by molar-refractivity contribution is 4.86. The maximum absolute atomic E-state index is 9.07. The molecule has 1 fully saturated rings. The van der Waals surface area contributed by atoms with Crippen molar-refractivity contribution in [3.8, 4) is 0 Å². The Morgan fingerprint density at radius 1 is 1.00 bits per heavy atom. The van der Waals surface area contributed by atoms with Gasteiger partial charge in [0.05, 0.1) is 25.4 Å². The summed E-state index contributed by atoms with van der Waals surface area (Å²) in [5, 5.41) is 30.2. The first-order valence-corrected chi connectivity index (χ1v) is 5.56. The smallest absolute Gasteiger partial charge is 0.0882 e. The molecule has 0 aliphatic carbocycles. The molecule has 4 N–H and O–H groups in total. The molecule has 5 nitrogen and oxygen atoms in total. The van der Waals surface area contributed by atoms with E-state index >= 15 is 0 Å². The Labute approximate surface area is 90.7 Å². The van der Waals surface area contributed by atoms with Crippen LogP contribution in [0.3, 0.4) is 0 Å². The van der Waals surface area contributed by atoms with Crippen LogP contribution in [-0.4, -0.2) is 71.8 Å². The SMILES string of the molecule is OCC(CO)(CO)NCCN1CCCC1. The van der Waals surface area contributed by atoms with E-state index in [1.165, 1.54) is 12.8 Å². The number of hydrogen-bond acceptors (Lipinski definition) is 5. The van der Waals surface area contributed by atoms with Gasteiger partial charge in [-0.2, -0.15) is 0 Å². The van der Waals surface area contributed by atoms with Gasteiger partial charge >= 0.3 is 0 Å². The third kappa shape index (κ3) is 3.70. The first kappa shape index (κ1) is 12.9. The van der Waals surface area contributed by atoms with Gasteiger partial charge in [0, 0.05) is 13.1 Å². The molecular formula is C10H22N2O3. The van der Waals surface area contributed by atoms with Gasteiger partial charge in [0.1, 0.15) is 0 Å². The van der Waals surface area contributed by atoms with E-state index in [1.54, 1.807) is 0 Å². The van der Waals surface area contributed by atoms with Crippen LogP contribution in [0.4, 0.5) is 0 Å². The highest BCUT2D eigenvalue weighted by Crippen LogP contribution is 2.06. The fraction of sp³-hybridized carbons (Fsp3) is 1.00. The van der Waals surface area contributed by atoms with Gasteiger partial charge in [-0.05, 0) is 25.9 Å². The van der Waals surface area contributed by atoms with Crippen molar-refractivity contribution >= 4 is 0 Å². The molecule has 15 heavy (non-hydrogen) atoms. The molecule has 0 bridgehead atoms. The quantitative estimate of drug-likeness (QED) is 0.413. The number of aliphatic hydroxyl groups excluding tert-OH is 3. The standard InChI is InChI=1S/C10H22N2O3/c13-7-10(8-14,9-15)11-3-6-12-4-1-2-5-12/h11,13-15H,1-9H2. The van der Waals surface area contributed by atoms with Crippen molar-refractivity contribution in [2.75, 3.05) is 46.0 Å². The Morgan fingerprint density at radius 2 is 1.53 bits per heavy atom. The predicted molar refractivity (Wildman–Crippen MR) is 57.7 cm³/mol. The lowest BCUT2D eigenvalue weighted by Crippen LogP contribution is -2.56. The van der Waals surface area contributed by atoms with E-state index in [0.29, 0.717) is 6.54 Å². The second kappa shape index (κ2) is 6.40. The van der Waals surface area contributed by atoms with E-state index in [-0.39, 0.29) is 19.8 Å². The summed E-state index contributed by atoms with van der Waals surface area (Å²) in [5.74, 6) is 0. The molecular weight excluding hydrogens is 196 g/mol. The summed E-state index contributed by atoms with van der Waals surface area (Å²) in [6.07, 6.45) is 2.51. The van der Waals surface area contributed by atoms with E-state index in [4.69, 9.17) is 15.3 Å². The van der Waals surface area contributed by atoms with Crippen LogP contribution in [0.5, 0.6) is 0 Å². The van der Waals surface area contributed by atoms with Gasteiger partial charge in [0.25, 0.3) is 0 Å². The Kier molecular flexibility index (Phi) is 5.49. The van der Waals surface area contributed by atoms with E-state index < -0.39 is 5.54 Å². The van der Waals surface area contributed by atoms with Crippen molar-refractivity contribution in [2.24, 2.45) is 0 Å². The third-order valence-electron chi connectivity index (χ3n) is 3.03. The van der Waals surface area contributed by atoms with Crippen LogP contribution in [0.1, 0.15) is 12.8 Å². The van der Waals surface area contributed by atoms with Crippen molar-refractivity contribution in [1.82, 2.24) is 10.2 Å². The zero-order valence-corrected chi connectivity index (χ0v) is 9.15. The van der Waals surface area contributed by atoms with Gasteiger partial charge in [-0.1, -0.05) is 0 Å². The third-order valence-corrected chi connectivity index (χ3v) is 3.03. The molecule has 90 valence electrons. The molecule has 0 radical (unpaired) electrons. The number of aliphatic hydroxyl groups is 3. The van der Waals surface area contributed by atoms with Crippen molar-refractivity contribution in [3.05, 3.63) is 0 Å². The molecule has 0 aromatic rings. The lowest BCUT2D eigenvalue weighted by molar-refractivity contribution is 0.0414. The van der Waals surface area contributed by atoms with Crippen LogP contribution in [0.2, 0.25) is 0 Å². The summed E-state index contributed by atoms with van der Waals surface area (Å²) in [6, 6.07) is 0. The lowest BCUT2D eigenvalue weighted by Gasteiger charge is -2.29. The number of hydrogen-bond donors (Lipinski definition) is 4. The average Bonchev–Trinajstić information content (AvgIpc) is 2.78. The number of nitrogens with one attached hydrogen (secondary N) is 1. The van der Waals surface area contributed by atoms with Crippen LogP contribution in [0, 0.1) is 0 Å². The molecule has 0 unspecified atom stereocenters. The predicted octanol–water partition coefficient (Wildman–Crippen LogP) is -1.61. The molecule has 0 amide bonds. The minimum Gasteiger partial charge on any atom is -0.394 e. The van der Waals surface area contributed by atoms with Crippen LogP contribution in [0.15, 0.2) is 0 Å². The molecule has 1 aliphatic rings. The maximum Gasteiger partial charge on any atom is 0.0882 e. The van der Waals surface area contributed by atoms with Gasteiger partial charge in [0.2, 0.25) is 0 Å². The van der Waals surface area contributed by atoms with Gasteiger partial charge in [-0.3, -0.25) is 0 Å². The summed E-state index contributed by atoms with van der Waals surface area (Å²) >= 11 is 0. The van der Waals surface area contributed by atoms with E-state index in [0.717, 1.165) is 19.6 Å². The Balaban J connectivity index is 2.21. The van der Waals surface area contributed by atoms with Crippen molar-refractivity contribution in [3.63, 3.8) is 0 Å². The highest BCUT2D eigenvalue weighted by Gasteiger charge is 2.27. The first-order chi connectivity index (χ1) is 7.26. The fourth-order valence-electron chi connectivity index (χ4n) is 1.80. The minimum absolute atomic E-state index is 0.250. The van der Waals surface area contributed by atoms with E-state index in [1.807, 2.05) is 0 Å². The second-order valence-corrected chi connectivity index (χ2v) is 4.23. The lowest BCUT2D eigenvalue weighted by atomic mass is 10.0. The molecule has 1 saturated heterocycles. The van der Waals surface area contributed by atoms with Gasteiger partial charge in [0.15, 0.2) is 0 Å². The Morgan fingerprint density at radius 3 is 2.00 bits per heavy atom. The molecule has 0 aromatic heterocycles. The number of nitrogens with zero attached hydrogens (tertiary/aromatic N) is 1. The van der Waals surface area contributed by atoms with Crippen LogP contribution in [0.25, 0.3) is 0 Å². The topological polar surface area (TPSA) is 76.0 Å². The maximum atomic E-state index is 9.07.